The Labute approximate surface area is 104 Å². The number of ether oxygens (including phenoxy) is 1. The number of hydrogen-bond acceptors (Lipinski definition) is 4. The van der Waals surface area contributed by atoms with Gasteiger partial charge in [0.25, 0.3) is 0 Å². The number of hydrogen-bond donors (Lipinski definition) is 1. The zero-order chi connectivity index (χ0) is 12.7. The van der Waals surface area contributed by atoms with E-state index < -0.39 is 8.56 Å². The second kappa shape index (κ2) is 6.83. The van der Waals surface area contributed by atoms with Crippen molar-refractivity contribution in [2.75, 3.05) is 19.8 Å². The van der Waals surface area contributed by atoms with Crippen LogP contribution in [0.25, 0.3) is 0 Å². The Kier molecular flexibility index (Phi) is 5.74. The molecule has 0 saturated heterocycles. The van der Waals surface area contributed by atoms with Crippen LogP contribution < -0.4 is 0 Å². The predicted molar refractivity (Wildman–Crippen MR) is 69.0 cm³/mol. The van der Waals surface area contributed by atoms with Crippen molar-refractivity contribution in [3.8, 4) is 0 Å². The number of aliphatic hydroxyl groups is 1. The van der Waals surface area contributed by atoms with Crippen molar-refractivity contribution in [3.63, 3.8) is 0 Å². The van der Waals surface area contributed by atoms with E-state index in [9.17, 15) is 5.11 Å². The Morgan fingerprint density at radius 3 is 2.53 bits per heavy atom. The Hall–Kier alpha value is -0.783. The zero-order valence-corrected chi connectivity index (χ0v) is 11.9. The number of allylic oxidation sites excluding steroid dienone is 1. The summed E-state index contributed by atoms with van der Waals surface area (Å²) in [5.41, 5.74) is 0.922. The second-order valence-corrected chi connectivity index (χ2v) is 7.45. The molecule has 1 aliphatic heterocycles. The van der Waals surface area contributed by atoms with Gasteiger partial charge in [0.1, 0.15) is 12.4 Å². The molecule has 1 N–H and O–H groups in total. The summed E-state index contributed by atoms with van der Waals surface area (Å²) < 4.78 is 16.7. The quantitative estimate of drug-likeness (QED) is 0.713. The first kappa shape index (κ1) is 14.3. The third-order valence-electron chi connectivity index (χ3n) is 2.72. The lowest BCUT2D eigenvalue weighted by Crippen LogP contribution is -2.38. The first-order chi connectivity index (χ1) is 8.11. The molecule has 1 heterocycles. The fraction of sp³-hybridized carbons (Fsp3) is 0.667. The normalized spacial score (nSPS) is 16.2. The van der Waals surface area contributed by atoms with Crippen molar-refractivity contribution in [2.45, 2.75) is 32.9 Å². The van der Waals surface area contributed by atoms with Crippen LogP contribution in [-0.2, 0) is 13.6 Å². The van der Waals surface area contributed by atoms with E-state index in [4.69, 9.17) is 13.6 Å². The molecule has 1 aliphatic rings. The summed E-state index contributed by atoms with van der Waals surface area (Å²) in [4.78, 5) is 0. The van der Waals surface area contributed by atoms with E-state index in [0.717, 1.165) is 18.0 Å². The third-order valence-corrected chi connectivity index (χ3v) is 5.68. The monoisotopic (exact) mass is 258 g/mol. The molecule has 0 aromatic carbocycles. The Balaban J connectivity index is 2.54. The Morgan fingerprint density at radius 1 is 1.35 bits per heavy atom. The van der Waals surface area contributed by atoms with Crippen molar-refractivity contribution < 1.29 is 18.7 Å². The van der Waals surface area contributed by atoms with Gasteiger partial charge >= 0.3 is 8.56 Å². The molecule has 0 atom stereocenters. The molecule has 17 heavy (non-hydrogen) atoms. The van der Waals surface area contributed by atoms with Crippen LogP contribution in [0.1, 0.15) is 20.3 Å². The predicted octanol–water partition coefficient (Wildman–Crippen LogP) is 2.88. The van der Waals surface area contributed by atoms with Gasteiger partial charge in [0.15, 0.2) is 0 Å². The van der Waals surface area contributed by atoms with Gasteiger partial charge in [0.05, 0.1) is 6.26 Å². The summed E-state index contributed by atoms with van der Waals surface area (Å²) in [6.07, 6.45) is 3.86. The molecular formula is C12H22O4Si. The molecule has 1 rings (SSSR count). The second-order valence-electron chi connectivity index (χ2n) is 4.10. The van der Waals surface area contributed by atoms with E-state index in [1.165, 1.54) is 6.26 Å². The molecule has 0 spiro atoms. The van der Waals surface area contributed by atoms with Crippen molar-refractivity contribution >= 4 is 8.56 Å². The molecule has 0 saturated carbocycles. The molecule has 0 aromatic heterocycles. The average molecular weight is 258 g/mol. The summed E-state index contributed by atoms with van der Waals surface area (Å²) in [5, 5.41) is 9.67. The van der Waals surface area contributed by atoms with Gasteiger partial charge in [0.2, 0.25) is 0 Å². The number of aliphatic hydroxyl groups excluding tert-OH is 1. The van der Waals surface area contributed by atoms with Crippen molar-refractivity contribution in [1.82, 2.24) is 0 Å². The van der Waals surface area contributed by atoms with Gasteiger partial charge < -0.3 is 18.7 Å². The zero-order valence-electron chi connectivity index (χ0n) is 10.9. The summed E-state index contributed by atoms with van der Waals surface area (Å²) >= 11 is 0. The maximum atomic E-state index is 9.67. The topological polar surface area (TPSA) is 47.9 Å². The highest BCUT2D eigenvalue weighted by atomic mass is 28.4. The molecule has 98 valence electrons. The number of rotatable bonds is 7. The standard InChI is InChI=1S/C12H22O4Si/c1-4-15-17(3,16-5-2)9-7-11-10-14-8-6-12(11)13/h6,8,13H,4-5,7,9-10H2,1-3H3. The third kappa shape index (κ3) is 4.53. The summed E-state index contributed by atoms with van der Waals surface area (Å²) in [6.45, 7) is 7.83. The van der Waals surface area contributed by atoms with Gasteiger partial charge in [-0.15, -0.1) is 0 Å². The van der Waals surface area contributed by atoms with Crippen LogP contribution in [0.4, 0.5) is 0 Å². The van der Waals surface area contributed by atoms with E-state index >= 15 is 0 Å². The first-order valence-electron chi connectivity index (χ1n) is 6.08. The van der Waals surface area contributed by atoms with Crippen LogP contribution >= 0.6 is 0 Å². The summed E-state index contributed by atoms with van der Waals surface area (Å²) in [5.74, 6) is 0.320. The fourth-order valence-electron chi connectivity index (χ4n) is 1.83. The molecule has 4 nitrogen and oxygen atoms in total. The lowest BCUT2D eigenvalue weighted by molar-refractivity contribution is 0.188. The van der Waals surface area contributed by atoms with Gasteiger partial charge in [-0.05, 0) is 32.9 Å². The van der Waals surface area contributed by atoms with E-state index in [1.807, 2.05) is 13.8 Å². The van der Waals surface area contributed by atoms with E-state index in [1.54, 1.807) is 6.08 Å². The van der Waals surface area contributed by atoms with E-state index in [0.29, 0.717) is 25.6 Å². The van der Waals surface area contributed by atoms with E-state index in [-0.39, 0.29) is 0 Å². The highest BCUT2D eigenvalue weighted by Crippen LogP contribution is 2.22. The van der Waals surface area contributed by atoms with Crippen molar-refractivity contribution in [3.05, 3.63) is 23.7 Å². The van der Waals surface area contributed by atoms with Crippen LogP contribution in [-0.4, -0.2) is 33.5 Å². The highest BCUT2D eigenvalue weighted by Gasteiger charge is 2.31. The lowest BCUT2D eigenvalue weighted by atomic mass is 10.1. The van der Waals surface area contributed by atoms with Gasteiger partial charge in [-0.2, -0.15) is 0 Å². The molecule has 0 aromatic rings. The Bertz CT molecular complexity index is 293. The smallest absolute Gasteiger partial charge is 0.335 e. The van der Waals surface area contributed by atoms with Gasteiger partial charge in [-0.3, -0.25) is 0 Å². The first-order valence-corrected chi connectivity index (χ1v) is 8.60. The fourth-order valence-corrected chi connectivity index (χ4v) is 4.18. The molecule has 0 amide bonds. The van der Waals surface area contributed by atoms with Crippen molar-refractivity contribution in [2.24, 2.45) is 0 Å². The average Bonchev–Trinajstić information content (AvgIpc) is 2.29. The molecule has 0 fully saturated rings. The van der Waals surface area contributed by atoms with Crippen LogP contribution in [0.2, 0.25) is 12.6 Å². The molecule has 0 bridgehead atoms. The van der Waals surface area contributed by atoms with Crippen molar-refractivity contribution in [1.29, 1.82) is 0 Å². The van der Waals surface area contributed by atoms with Gasteiger partial charge in [0, 0.05) is 24.9 Å². The molecule has 0 radical (unpaired) electrons. The van der Waals surface area contributed by atoms with Crippen LogP contribution in [0.5, 0.6) is 0 Å². The van der Waals surface area contributed by atoms with Crippen LogP contribution in [0.15, 0.2) is 23.7 Å². The SMILES string of the molecule is CCO[Si](C)(CCC1=C(O)C=COC1)OCC. The minimum atomic E-state index is -2.09. The van der Waals surface area contributed by atoms with Gasteiger partial charge in [-0.25, -0.2) is 0 Å². The minimum absolute atomic E-state index is 0.320. The van der Waals surface area contributed by atoms with Crippen LogP contribution in [0.3, 0.4) is 0 Å². The maximum absolute atomic E-state index is 9.67. The summed E-state index contributed by atoms with van der Waals surface area (Å²) in [7, 11) is -2.09. The maximum Gasteiger partial charge on any atom is 0.335 e. The molecular weight excluding hydrogens is 236 g/mol. The largest absolute Gasteiger partial charge is 0.508 e. The minimum Gasteiger partial charge on any atom is -0.508 e. The van der Waals surface area contributed by atoms with Gasteiger partial charge in [-0.1, -0.05) is 0 Å². The highest BCUT2D eigenvalue weighted by molar-refractivity contribution is 6.66. The molecule has 5 heteroatoms. The summed E-state index contributed by atoms with van der Waals surface area (Å²) in [6, 6.07) is 0.839. The molecule has 0 unspecified atom stereocenters. The van der Waals surface area contributed by atoms with E-state index in [2.05, 4.69) is 6.55 Å². The van der Waals surface area contributed by atoms with Crippen LogP contribution in [0, 0.1) is 0 Å². The Morgan fingerprint density at radius 2 is 2.00 bits per heavy atom. The molecule has 0 aliphatic carbocycles. The lowest BCUT2D eigenvalue weighted by Gasteiger charge is -2.26.